The molecular weight excluding hydrogens is 214 g/mol. The van der Waals surface area contributed by atoms with Crippen molar-refractivity contribution in [2.24, 2.45) is 5.92 Å². The normalized spacial score (nSPS) is 13.7. The maximum atomic E-state index is 11.1. The molecule has 0 bridgehead atoms. The van der Waals surface area contributed by atoms with Gasteiger partial charge in [0.25, 0.3) is 0 Å². The van der Waals surface area contributed by atoms with Gasteiger partial charge in [-0.1, -0.05) is 6.92 Å². The summed E-state index contributed by atoms with van der Waals surface area (Å²) in [4.78, 5) is 32.8. The second-order valence-corrected chi connectivity index (χ2v) is 3.50. The molecule has 0 fully saturated rings. The fourth-order valence-corrected chi connectivity index (χ4v) is 1.27. The molecule has 0 spiro atoms. The van der Waals surface area contributed by atoms with E-state index in [-0.39, 0.29) is 13.0 Å². The molecule has 0 aromatic carbocycles. The Kier molecular flexibility index (Phi) is 6.14. The Morgan fingerprint density at radius 3 is 2.31 bits per heavy atom. The van der Waals surface area contributed by atoms with Gasteiger partial charge in [-0.3, -0.25) is 9.59 Å². The highest BCUT2D eigenvalue weighted by molar-refractivity contribution is 5.83. The van der Waals surface area contributed by atoms with Crippen LogP contribution >= 0.6 is 0 Å². The van der Waals surface area contributed by atoms with Crippen LogP contribution in [-0.4, -0.2) is 35.6 Å². The predicted octanol–water partition coefficient (Wildman–Crippen LogP) is 0.165. The second kappa shape index (κ2) is 6.81. The lowest BCUT2D eigenvalue weighted by atomic mass is 9.98. The Balaban J connectivity index is 4.38. The second-order valence-electron chi connectivity index (χ2n) is 3.50. The van der Waals surface area contributed by atoms with Crippen LogP contribution in [0.2, 0.25) is 0 Å². The lowest BCUT2D eigenvalue weighted by molar-refractivity contribution is -0.147. The summed E-state index contributed by atoms with van der Waals surface area (Å²) in [6, 6.07) is -1.07. The summed E-state index contributed by atoms with van der Waals surface area (Å²) in [5.74, 6) is -2.58. The Labute approximate surface area is 94.0 Å². The smallest absolute Gasteiger partial charge is 0.326 e. The molecule has 0 saturated heterocycles. The van der Waals surface area contributed by atoms with Gasteiger partial charge in [0.15, 0.2) is 0 Å². The van der Waals surface area contributed by atoms with Crippen molar-refractivity contribution in [1.82, 2.24) is 5.32 Å². The monoisotopic (exact) mass is 231 g/mol. The number of esters is 1. The van der Waals surface area contributed by atoms with Crippen molar-refractivity contribution in [2.45, 2.75) is 33.2 Å². The summed E-state index contributed by atoms with van der Waals surface area (Å²) in [7, 11) is 0. The highest BCUT2D eigenvalue weighted by atomic mass is 16.5. The average molecular weight is 231 g/mol. The van der Waals surface area contributed by atoms with E-state index in [1.165, 1.54) is 6.92 Å². The quantitative estimate of drug-likeness (QED) is 0.635. The number of amides is 1. The van der Waals surface area contributed by atoms with Crippen LogP contribution in [0.4, 0.5) is 0 Å². The van der Waals surface area contributed by atoms with E-state index in [9.17, 15) is 14.4 Å². The zero-order valence-electron chi connectivity index (χ0n) is 9.65. The van der Waals surface area contributed by atoms with Crippen LogP contribution in [0.1, 0.15) is 27.2 Å². The number of carboxylic acid groups (broad SMARTS) is 1. The highest BCUT2D eigenvalue weighted by Gasteiger charge is 2.27. The maximum absolute atomic E-state index is 11.1. The van der Waals surface area contributed by atoms with Gasteiger partial charge in [-0.15, -0.1) is 0 Å². The molecule has 16 heavy (non-hydrogen) atoms. The Bertz CT molecular complexity index is 276. The SMILES string of the molecule is CCOC(=O)C[C@H](C)[C@H](NC(C)=O)C(=O)O. The molecule has 6 heteroatoms. The molecular formula is C10H17NO5. The van der Waals surface area contributed by atoms with E-state index in [0.717, 1.165) is 0 Å². The van der Waals surface area contributed by atoms with Crippen molar-refractivity contribution in [3.05, 3.63) is 0 Å². The van der Waals surface area contributed by atoms with Gasteiger partial charge in [-0.2, -0.15) is 0 Å². The van der Waals surface area contributed by atoms with Crippen molar-refractivity contribution in [2.75, 3.05) is 6.61 Å². The van der Waals surface area contributed by atoms with E-state index < -0.39 is 29.8 Å². The number of carbonyl (C=O) groups excluding carboxylic acids is 2. The van der Waals surface area contributed by atoms with E-state index in [2.05, 4.69) is 5.32 Å². The maximum Gasteiger partial charge on any atom is 0.326 e. The van der Waals surface area contributed by atoms with Crippen LogP contribution in [0.3, 0.4) is 0 Å². The van der Waals surface area contributed by atoms with Crippen LogP contribution < -0.4 is 5.32 Å². The van der Waals surface area contributed by atoms with Gasteiger partial charge >= 0.3 is 11.9 Å². The molecule has 0 radical (unpaired) electrons. The molecule has 0 unspecified atom stereocenters. The minimum atomic E-state index is -1.16. The van der Waals surface area contributed by atoms with Crippen LogP contribution in [0, 0.1) is 5.92 Å². The van der Waals surface area contributed by atoms with Gasteiger partial charge in [0.1, 0.15) is 6.04 Å². The molecule has 0 aliphatic carbocycles. The van der Waals surface area contributed by atoms with Crippen LogP contribution in [0.25, 0.3) is 0 Å². The molecule has 0 rings (SSSR count). The van der Waals surface area contributed by atoms with Gasteiger partial charge in [0, 0.05) is 6.92 Å². The van der Waals surface area contributed by atoms with Gasteiger partial charge in [0.05, 0.1) is 13.0 Å². The standard InChI is InChI=1S/C10H17NO5/c1-4-16-8(13)5-6(2)9(10(14)15)11-7(3)12/h6,9H,4-5H2,1-3H3,(H,11,12)(H,14,15)/t6-,9-/m0/s1. The predicted molar refractivity (Wildman–Crippen MR) is 55.7 cm³/mol. The van der Waals surface area contributed by atoms with E-state index in [1.807, 2.05) is 0 Å². The first-order valence-corrected chi connectivity index (χ1v) is 5.04. The van der Waals surface area contributed by atoms with E-state index in [4.69, 9.17) is 9.84 Å². The molecule has 0 saturated carbocycles. The van der Waals surface area contributed by atoms with Crippen molar-refractivity contribution in [3.63, 3.8) is 0 Å². The van der Waals surface area contributed by atoms with Crippen molar-refractivity contribution in [3.8, 4) is 0 Å². The topological polar surface area (TPSA) is 92.7 Å². The molecule has 0 aromatic heterocycles. The summed E-state index contributed by atoms with van der Waals surface area (Å²) in [6.45, 7) is 4.73. The number of hydrogen-bond donors (Lipinski definition) is 2. The fourth-order valence-electron chi connectivity index (χ4n) is 1.27. The van der Waals surface area contributed by atoms with Gasteiger partial charge in [-0.05, 0) is 12.8 Å². The molecule has 6 nitrogen and oxygen atoms in total. The van der Waals surface area contributed by atoms with E-state index in [0.29, 0.717) is 0 Å². The summed E-state index contributed by atoms with van der Waals surface area (Å²) >= 11 is 0. The number of rotatable bonds is 6. The summed E-state index contributed by atoms with van der Waals surface area (Å²) in [5.41, 5.74) is 0. The summed E-state index contributed by atoms with van der Waals surface area (Å²) < 4.78 is 4.70. The fraction of sp³-hybridized carbons (Fsp3) is 0.700. The Morgan fingerprint density at radius 2 is 1.94 bits per heavy atom. The first-order valence-electron chi connectivity index (χ1n) is 5.04. The van der Waals surface area contributed by atoms with Gasteiger partial charge in [-0.25, -0.2) is 4.79 Å². The molecule has 0 aromatic rings. The third-order valence-electron chi connectivity index (χ3n) is 1.99. The van der Waals surface area contributed by atoms with Crippen molar-refractivity contribution >= 4 is 17.8 Å². The minimum Gasteiger partial charge on any atom is -0.480 e. The number of nitrogens with one attached hydrogen (secondary N) is 1. The third-order valence-corrected chi connectivity index (χ3v) is 1.99. The molecule has 0 aliphatic rings. The van der Waals surface area contributed by atoms with E-state index >= 15 is 0 Å². The van der Waals surface area contributed by atoms with Gasteiger partial charge < -0.3 is 15.2 Å². The zero-order chi connectivity index (χ0) is 12.7. The number of carbonyl (C=O) groups is 3. The van der Waals surface area contributed by atoms with Crippen LogP contribution in [-0.2, 0) is 19.1 Å². The molecule has 2 atom stereocenters. The Morgan fingerprint density at radius 1 is 1.38 bits per heavy atom. The van der Waals surface area contributed by atoms with Crippen LogP contribution in [0.15, 0.2) is 0 Å². The molecule has 2 N–H and O–H groups in total. The summed E-state index contributed by atoms with van der Waals surface area (Å²) in [5, 5.41) is 11.1. The number of ether oxygens (including phenoxy) is 1. The molecule has 0 heterocycles. The van der Waals surface area contributed by atoms with Crippen LogP contribution in [0.5, 0.6) is 0 Å². The number of carboxylic acids is 1. The zero-order valence-corrected chi connectivity index (χ0v) is 9.65. The third kappa shape index (κ3) is 5.33. The first-order chi connectivity index (χ1) is 7.38. The Hall–Kier alpha value is -1.59. The van der Waals surface area contributed by atoms with Gasteiger partial charge in [0.2, 0.25) is 5.91 Å². The lowest BCUT2D eigenvalue weighted by Gasteiger charge is -2.19. The number of hydrogen-bond acceptors (Lipinski definition) is 4. The number of aliphatic carboxylic acids is 1. The molecule has 0 aliphatic heterocycles. The summed E-state index contributed by atoms with van der Waals surface area (Å²) in [6.07, 6.45) is -0.0366. The minimum absolute atomic E-state index is 0.0366. The molecule has 1 amide bonds. The largest absolute Gasteiger partial charge is 0.480 e. The average Bonchev–Trinajstić information content (AvgIpc) is 2.13. The lowest BCUT2D eigenvalue weighted by Crippen LogP contribution is -2.44. The molecule has 92 valence electrons. The van der Waals surface area contributed by atoms with Crippen molar-refractivity contribution < 1.29 is 24.2 Å². The highest BCUT2D eigenvalue weighted by Crippen LogP contribution is 2.10. The first kappa shape index (κ1) is 14.4. The van der Waals surface area contributed by atoms with E-state index in [1.54, 1.807) is 13.8 Å². The van der Waals surface area contributed by atoms with Crippen molar-refractivity contribution in [1.29, 1.82) is 0 Å².